The molecule has 0 aromatic heterocycles. The molecule has 2 fully saturated rings. The molecule has 0 unspecified atom stereocenters. The third-order valence-corrected chi connectivity index (χ3v) is 5.12. The maximum absolute atomic E-state index is 12.9. The van der Waals surface area contributed by atoms with Gasteiger partial charge in [-0.2, -0.15) is 0 Å². The summed E-state index contributed by atoms with van der Waals surface area (Å²) in [4.78, 5) is 40.6. The highest BCUT2D eigenvalue weighted by Crippen LogP contribution is 2.34. The highest BCUT2D eigenvalue weighted by Gasteiger charge is 2.53. The minimum absolute atomic E-state index is 0.255. The lowest BCUT2D eigenvalue weighted by atomic mass is 9.81. The van der Waals surface area contributed by atoms with Crippen LogP contribution in [0.4, 0.5) is 10.5 Å². The molecule has 1 saturated carbocycles. The van der Waals surface area contributed by atoms with Crippen molar-refractivity contribution in [3.8, 4) is 0 Å². The number of amides is 4. The van der Waals surface area contributed by atoms with Gasteiger partial charge in [0.25, 0.3) is 5.91 Å². The number of urea groups is 1. The number of carbonyl (C=O) groups is 3. The number of hydrogen-bond acceptors (Lipinski definition) is 3. The van der Waals surface area contributed by atoms with Crippen LogP contribution in [0.25, 0.3) is 0 Å². The van der Waals surface area contributed by atoms with E-state index in [4.69, 9.17) is 0 Å². The van der Waals surface area contributed by atoms with Crippen LogP contribution in [0.2, 0.25) is 0 Å². The van der Waals surface area contributed by atoms with Gasteiger partial charge in [-0.3, -0.25) is 9.59 Å². The largest absolute Gasteiger partial charge is 0.325 e. The van der Waals surface area contributed by atoms with Crippen molar-refractivity contribution in [1.29, 1.82) is 0 Å². The number of para-hydroxylation sites is 1. The zero-order valence-corrected chi connectivity index (χ0v) is 14.1. The van der Waals surface area contributed by atoms with Gasteiger partial charge in [-0.25, -0.2) is 9.69 Å². The number of rotatable bonds is 3. The van der Waals surface area contributed by atoms with E-state index < -0.39 is 17.6 Å². The second-order valence-corrected chi connectivity index (χ2v) is 6.66. The van der Waals surface area contributed by atoms with Crippen LogP contribution >= 0.6 is 0 Å². The van der Waals surface area contributed by atoms with Gasteiger partial charge in [0.2, 0.25) is 5.91 Å². The highest BCUT2D eigenvalue weighted by molar-refractivity contribution is 6.11. The fourth-order valence-corrected chi connectivity index (χ4v) is 3.66. The smallest absolute Gasteiger partial charge is 0.323 e. The van der Waals surface area contributed by atoms with Gasteiger partial charge in [-0.05, 0) is 31.9 Å². The van der Waals surface area contributed by atoms with Crippen LogP contribution in [0.15, 0.2) is 30.3 Å². The Morgan fingerprint density at radius 2 is 1.79 bits per heavy atom. The van der Waals surface area contributed by atoms with E-state index in [0.717, 1.165) is 29.8 Å². The van der Waals surface area contributed by atoms with E-state index in [1.807, 2.05) is 30.3 Å². The molecular weight excluding hydrogens is 306 g/mol. The van der Waals surface area contributed by atoms with Crippen LogP contribution < -0.4 is 10.2 Å². The Labute approximate surface area is 141 Å². The molecule has 4 amide bonds. The highest BCUT2D eigenvalue weighted by atomic mass is 16.2. The molecule has 3 rings (SSSR count). The van der Waals surface area contributed by atoms with Crippen LogP contribution in [0.3, 0.4) is 0 Å². The Hall–Kier alpha value is -2.37. The topological polar surface area (TPSA) is 69.7 Å². The first-order valence-corrected chi connectivity index (χ1v) is 8.45. The molecule has 1 atom stereocenters. The molecule has 1 saturated heterocycles. The molecule has 6 nitrogen and oxygen atoms in total. The zero-order chi connectivity index (χ0) is 17.3. The van der Waals surface area contributed by atoms with Gasteiger partial charge in [0.1, 0.15) is 11.6 Å². The molecule has 1 N–H and O–H groups in total. The Morgan fingerprint density at radius 3 is 2.42 bits per heavy atom. The van der Waals surface area contributed by atoms with Crippen molar-refractivity contribution in [1.82, 2.24) is 10.2 Å². The second kappa shape index (κ2) is 6.26. The first-order chi connectivity index (χ1) is 11.5. The standard InChI is InChI=1S/C18H23N3O3/c1-13(15(22)20(2)14-9-5-3-6-10-14)21-16(23)18(19-17(21)24)11-7-4-8-12-18/h3,5-6,9-10,13H,4,7-8,11-12H2,1-2H3,(H,19,24)/t13-/m0/s1. The van der Waals surface area contributed by atoms with Gasteiger partial charge in [0, 0.05) is 12.7 Å². The molecule has 1 aromatic carbocycles. The van der Waals surface area contributed by atoms with Crippen LogP contribution in [-0.2, 0) is 9.59 Å². The van der Waals surface area contributed by atoms with Crippen LogP contribution in [0, 0.1) is 0 Å². The van der Waals surface area contributed by atoms with Gasteiger partial charge in [-0.15, -0.1) is 0 Å². The maximum atomic E-state index is 12.9. The Balaban J connectivity index is 1.79. The summed E-state index contributed by atoms with van der Waals surface area (Å²) >= 11 is 0. The van der Waals surface area contributed by atoms with Crippen molar-refractivity contribution in [2.24, 2.45) is 0 Å². The summed E-state index contributed by atoms with van der Waals surface area (Å²) in [6.07, 6.45) is 4.24. The van der Waals surface area contributed by atoms with Crippen LogP contribution in [-0.4, -0.2) is 41.4 Å². The van der Waals surface area contributed by atoms with Crippen LogP contribution in [0.1, 0.15) is 39.0 Å². The van der Waals surface area contributed by atoms with Crippen molar-refractivity contribution in [3.05, 3.63) is 30.3 Å². The van der Waals surface area contributed by atoms with Gasteiger partial charge in [0.05, 0.1) is 0 Å². The minimum atomic E-state index is -0.830. The summed E-state index contributed by atoms with van der Waals surface area (Å²) in [5.74, 6) is -0.535. The zero-order valence-electron chi connectivity index (χ0n) is 14.1. The Kier molecular flexibility index (Phi) is 4.30. The van der Waals surface area contributed by atoms with E-state index in [1.54, 1.807) is 14.0 Å². The molecule has 2 aliphatic rings. The van der Waals surface area contributed by atoms with E-state index in [2.05, 4.69) is 5.32 Å². The average molecular weight is 329 g/mol. The SMILES string of the molecule is C[C@@H](C(=O)N(C)c1ccccc1)N1C(=O)NC2(CCCCC2)C1=O. The van der Waals surface area contributed by atoms with Crippen LogP contribution in [0.5, 0.6) is 0 Å². The number of hydrogen-bond donors (Lipinski definition) is 1. The summed E-state index contributed by atoms with van der Waals surface area (Å²) in [7, 11) is 1.66. The molecule has 1 spiro atoms. The molecular formula is C18H23N3O3. The van der Waals surface area contributed by atoms with E-state index in [9.17, 15) is 14.4 Å². The molecule has 128 valence electrons. The van der Waals surface area contributed by atoms with Gasteiger partial charge >= 0.3 is 6.03 Å². The van der Waals surface area contributed by atoms with E-state index in [-0.39, 0.29) is 11.8 Å². The van der Waals surface area contributed by atoms with E-state index in [1.165, 1.54) is 4.90 Å². The average Bonchev–Trinajstić information content (AvgIpc) is 2.84. The molecule has 1 aliphatic heterocycles. The number of nitrogens with one attached hydrogen (secondary N) is 1. The van der Waals surface area contributed by atoms with Crippen molar-refractivity contribution < 1.29 is 14.4 Å². The van der Waals surface area contributed by atoms with Gasteiger partial charge in [-0.1, -0.05) is 37.5 Å². The lowest BCUT2D eigenvalue weighted by molar-refractivity contribution is -0.137. The Bertz CT molecular complexity index is 653. The molecule has 24 heavy (non-hydrogen) atoms. The minimum Gasteiger partial charge on any atom is -0.323 e. The quantitative estimate of drug-likeness (QED) is 0.865. The van der Waals surface area contributed by atoms with Crippen molar-refractivity contribution >= 4 is 23.5 Å². The number of benzene rings is 1. The lowest BCUT2D eigenvalue weighted by Gasteiger charge is -2.31. The number of imide groups is 1. The molecule has 1 aliphatic carbocycles. The first kappa shape index (κ1) is 16.5. The van der Waals surface area contributed by atoms with Crippen molar-refractivity contribution in [2.75, 3.05) is 11.9 Å². The monoisotopic (exact) mass is 329 g/mol. The predicted molar refractivity (Wildman–Crippen MR) is 90.5 cm³/mol. The van der Waals surface area contributed by atoms with Crippen molar-refractivity contribution in [3.63, 3.8) is 0 Å². The molecule has 1 heterocycles. The molecule has 6 heteroatoms. The maximum Gasteiger partial charge on any atom is 0.325 e. The van der Waals surface area contributed by atoms with Crippen molar-refractivity contribution in [2.45, 2.75) is 50.6 Å². The normalized spacial score (nSPS) is 20.8. The number of likely N-dealkylation sites (N-methyl/N-ethyl adjacent to an activating group) is 1. The summed E-state index contributed by atoms with van der Waals surface area (Å²) in [6.45, 7) is 1.61. The third-order valence-electron chi connectivity index (χ3n) is 5.12. The molecule has 0 bridgehead atoms. The second-order valence-electron chi connectivity index (χ2n) is 6.66. The third kappa shape index (κ3) is 2.66. The Morgan fingerprint density at radius 1 is 1.17 bits per heavy atom. The number of nitrogens with zero attached hydrogens (tertiary/aromatic N) is 2. The summed E-state index contributed by atoms with van der Waals surface area (Å²) in [5.41, 5.74) is -0.0661. The predicted octanol–water partition coefficient (Wildman–Crippen LogP) is 2.29. The summed E-state index contributed by atoms with van der Waals surface area (Å²) in [5, 5.41) is 2.85. The van der Waals surface area contributed by atoms with E-state index in [0.29, 0.717) is 12.8 Å². The molecule has 0 radical (unpaired) electrons. The summed E-state index contributed by atoms with van der Waals surface area (Å²) in [6, 6.07) is 7.91. The van der Waals surface area contributed by atoms with E-state index >= 15 is 0 Å². The summed E-state index contributed by atoms with van der Waals surface area (Å²) < 4.78 is 0. The fourth-order valence-electron chi connectivity index (χ4n) is 3.66. The lowest BCUT2D eigenvalue weighted by Crippen LogP contribution is -2.51. The van der Waals surface area contributed by atoms with Gasteiger partial charge in [0.15, 0.2) is 0 Å². The number of carbonyl (C=O) groups excluding carboxylic acids is 3. The first-order valence-electron chi connectivity index (χ1n) is 8.45. The number of anilines is 1. The van der Waals surface area contributed by atoms with Gasteiger partial charge < -0.3 is 10.2 Å². The molecule has 1 aromatic rings. The fraction of sp³-hybridized carbons (Fsp3) is 0.500.